The number of amides is 1. The van der Waals surface area contributed by atoms with Gasteiger partial charge in [-0.2, -0.15) is 0 Å². The lowest BCUT2D eigenvalue weighted by Crippen LogP contribution is -2.41. The van der Waals surface area contributed by atoms with Crippen molar-refractivity contribution in [3.63, 3.8) is 0 Å². The number of pyridine rings is 1. The van der Waals surface area contributed by atoms with Crippen LogP contribution in [0.2, 0.25) is 0 Å². The summed E-state index contributed by atoms with van der Waals surface area (Å²) in [4.78, 5) is 28.2. The van der Waals surface area contributed by atoms with Crippen molar-refractivity contribution >= 4 is 5.91 Å². The summed E-state index contributed by atoms with van der Waals surface area (Å²) < 4.78 is 13.9. The van der Waals surface area contributed by atoms with Gasteiger partial charge in [0.1, 0.15) is 12.5 Å². The van der Waals surface area contributed by atoms with Crippen molar-refractivity contribution in [1.29, 1.82) is 0 Å². The van der Waals surface area contributed by atoms with Crippen molar-refractivity contribution < 1.29 is 9.18 Å². The summed E-state index contributed by atoms with van der Waals surface area (Å²) in [7, 11) is 1.77. The fraction of sp³-hybridized carbons (Fsp3) is 0.444. The van der Waals surface area contributed by atoms with E-state index < -0.39 is 6.17 Å². The Morgan fingerprint density at radius 3 is 2.76 bits per heavy atom. The van der Waals surface area contributed by atoms with E-state index in [1.807, 2.05) is 12.1 Å². The van der Waals surface area contributed by atoms with Crippen LogP contribution in [0.4, 0.5) is 4.39 Å². The number of rotatable bonds is 6. The lowest BCUT2D eigenvalue weighted by molar-refractivity contribution is -0.129. The van der Waals surface area contributed by atoms with Crippen molar-refractivity contribution in [2.45, 2.75) is 31.6 Å². The highest BCUT2D eigenvalue weighted by atomic mass is 19.1. The highest BCUT2D eigenvalue weighted by Crippen LogP contribution is 2.23. The molecule has 1 amide bonds. The van der Waals surface area contributed by atoms with E-state index in [0.29, 0.717) is 32.5 Å². The lowest BCUT2D eigenvalue weighted by atomic mass is 10.1. The zero-order valence-electron chi connectivity index (χ0n) is 14.3. The third-order valence-electron chi connectivity index (χ3n) is 4.47. The van der Waals surface area contributed by atoms with Gasteiger partial charge in [0.15, 0.2) is 0 Å². The molecule has 3 rings (SSSR count). The molecule has 1 aliphatic rings. The number of halogens is 1. The van der Waals surface area contributed by atoms with Gasteiger partial charge in [0.2, 0.25) is 5.91 Å². The molecule has 2 aromatic heterocycles. The number of aromatic nitrogens is 3. The second kappa shape index (κ2) is 8.11. The Labute approximate surface area is 146 Å². The summed E-state index contributed by atoms with van der Waals surface area (Å²) in [6, 6.07) is 3.70. The van der Waals surface area contributed by atoms with Gasteiger partial charge in [-0.1, -0.05) is 6.07 Å². The number of carbonyl (C=O) groups is 1. The smallest absolute Gasteiger partial charge is 0.226 e. The van der Waals surface area contributed by atoms with Crippen LogP contribution in [0.15, 0.2) is 43.2 Å². The highest BCUT2D eigenvalue weighted by molar-refractivity contribution is 5.78. The number of hydrogen-bond donors (Lipinski definition) is 0. The molecule has 0 bridgehead atoms. The second-order valence-corrected chi connectivity index (χ2v) is 6.48. The number of likely N-dealkylation sites (tertiary alicyclic amines) is 1. The zero-order valence-corrected chi connectivity index (χ0v) is 14.3. The first-order valence-corrected chi connectivity index (χ1v) is 8.36. The Hall–Kier alpha value is -2.41. The molecular formula is C18H22FN5O. The molecule has 0 unspecified atom stereocenters. The van der Waals surface area contributed by atoms with E-state index in [1.54, 1.807) is 36.7 Å². The predicted molar refractivity (Wildman–Crippen MR) is 91.3 cm³/mol. The maximum absolute atomic E-state index is 13.9. The Balaban J connectivity index is 1.58. The van der Waals surface area contributed by atoms with Crippen LogP contribution in [-0.2, 0) is 17.8 Å². The first kappa shape index (κ1) is 17.4. The van der Waals surface area contributed by atoms with Crippen LogP contribution < -0.4 is 0 Å². The van der Waals surface area contributed by atoms with E-state index in [2.05, 4.69) is 19.9 Å². The number of carbonyl (C=O) groups excluding carboxylic acids is 1. The normalized spacial score (nSPS) is 20.6. The monoisotopic (exact) mass is 343 g/mol. The maximum atomic E-state index is 13.9. The predicted octanol–water partition coefficient (Wildman–Crippen LogP) is 1.49. The molecule has 0 aliphatic carbocycles. The van der Waals surface area contributed by atoms with Gasteiger partial charge in [-0.15, -0.1) is 0 Å². The molecule has 1 fully saturated rings. The molecule has 132 valence electrons. The quantitative estimate of drug-likeness (QED) is 0.795. The van der Waals surface area contributed by atoms with E-state index in [4.69, 9.17) is 0 Å². The third kappa shape index (κ3) is 4.79. The van der Waals surface area contributed by atoms with Gasteiger partial charge in [0.25, 0.3) is 0 Å². The van der Waals surface area contributed by atoms with Gasteiger partial charge < -0.3 is 4.90 Å². The summed E-state index contributed by atoms with van der Waals surface area (Å²) in [6.07, 6.45) is 8.23. The van der Waals surface area contributed by atoms with Crippen LogP contribution in [0.3, 0.4) is 0 Å². The number of alkyl halides is 1. The van der Waals surface area contributed by atoms with Crippen molar-refractivity contribution in [1.82, 2.24) is 24.8 Å². The third-order valence-corrected chi connectivity index (χ3v) is 4.47. The molecule has 25 heavy (non-hydrogen) atoms. The fourth-order valence-electron chi connectivity index (χ4n) is 3.18. The maximum Gasteiger partial charge on any atom is 0.226 e. The molecule has 0 spiro atoms. The first-order chi connectivity index (χ1) is 12.1. The van der Waals surface area contributed by atoms with Crippen LogP contribution in [0, 0.1) is 0 Å². The topological polar surface area (TPSA) is 62.2 Å². The van der Waals surface area contributed by atoms with Gasteiger partial charge in [0, 0.05) is 63.1 Å². The Morgan fingerprint density at radius 1 is 1.28 bits per heavy atom. The molecular weight excluding hydrogens is 321 g/mol. The summed E-state index contributed by atoms with van der Waals surface area (Å²) in [6.45, 7) is 1.48. The van der Waals surface area contributed by atoms with Crippen molar-refractivity contribution in [3.05, 3.63) is 54.4 Å². The number of nitrogens with zero attached hydrogens (tertiary/aromatic N) is 5. The van der Waals surface area contributed by atoms with E-state index in [1.165, 1.54) is 6.33 Å². The fourth-order valence-corrected chi connectivity index (χ4v) is 3.18. The van der Waals surface area contributed by atoms with Crippen molar-refractivity contribution in [2.75, 3.05) is 20.1 Å². The molecule has 0 aromatic carbocycles. The van der Waals surface area contributed by atoms with E-state index in [-0.39, 0.29) is 11.9 Å². The molecule has 2 atom stereocenters. The standard InChI is InChI=1S/C18H22FN5O/c1-23(18(25)5-14-3-2-4-20-7-14)12-17-6-16(19)11-24(17)10-15-8-21-13-22-9-15/h2-4,7-9,13,16-17H,5-6,10-12H2,1H3/t16-,17-/m0/s1. The summed E-state index contributed by atoms with van der Waals surface area (Å²) in [5, 5.41) is 0. The summed E-state index contributed by atoms with van der Waals surface area (Å²) in [5.74, 6) is 0.0123. The van der Waals surface area contributed by atoms with Gasteiger partial charge >= 0.3 is 0 Å². The van der Waals surface area contributed by atoms with Crippen LogP contribution >= 0.6 is 0 Å². The number of likely N-dealkylation sites (N-methyl/N-ethyl adjacent to an activating group) is 1. The second-order valence-electron chi connectivity index (χ2n) is 6.48. The molecule has 2 aromatic rings. The average Bonchev–Trinajstić information content (AvgIpc) is 2.95. The zero-order chi connectivity index (χ0) is 17.6. The minimum absolute atomic E-state index is 0.00180. The van der Waals surface area contributed by atoms with Gasteiger partial charge in [0.05, 0.1) is 6.42 Å². The van der Waals surface area contributed by atoms with Crippen molar-refractivity contribution in [3.8, 4) is 0 Å². The Bertz CT molecular complexity index is 684. The van der Waals surface area contributed by atoms with Crippen LogP contribution in [0.25, 0.3) is 0 Å². The Morgan fingerprint density at radius 2 is 2.04 bits per heavy atom. The molecule has 3 heterocycles. The Kier molecular flexibility index (Phi) is 5.65. The molecule has 0 radical (unpaired) electrons. The van der Waals surface area contributed by atoms with Gasteiger partial charge in [-0.3, -0.25) is 14.7 Å². The minimum Gasteiger partial charge on any atom is -0.344 e. The van der Waals surface area contributed by atoms with Crippen molar-refractivity contribution in [2.24, 2.45) is 0 Å². The number of hydrogen-bond acceptors (Lipinski definition) is 5. The SMILES string of the molecule is CN(C[C@@H]1C[C@H](F)CN1Cc1cncnc1)C(=O)Cc1cccnc1. The van der Waals surface area contributed by atoms with Crippen LogP contribution in [-0.4, -0.2) is 63.0 Å². The summed E-state index contributed by atoms with van der Waals surface area (Å²) in [5.41, 5.74) is 1.83. The largest absolute Gasteiger partial charge is 0.344 e. The summed E-state index contributed by atoms with van der Waals surface area (Å²) >= 11 is 0. The lowest BCUT2D eigenvalue weighted by Gasteiger charge is -2.28. The van der Waals surface area contributed by atoms with Gasteiger partial charge in [-0.05, 0) is 18.1 Å². The first-order valence-electron chi connectivity index (χ1n) is 8.36. The van der Waals surface area contributed by atoms with E-state index in [9.17, 15) is 9.18 Å². The van der Waals surface area contributed by atoms with Gasteiger partial charge in [-0.25, -0.2) is 14.4 Å². The molecule has 0 N–H and O–H groups in total. The average molecular weight is 343 g/mol. The van der Waals surface area contributed by atoms with Crippen LogP contribution in [0.1, 0.15) is 17.5 Å². The van der Waals surface area contributed by atoms with Crippen LogP contribution in [0.5, 0.6) is 0 Å². The highest BCUT2D eigenvalue weighted by Gasteiger charge is 2.33. The molecule has 6 nitrogen and oxygen atoms in total. The molecule has 7 heteroatoms. The molecule has 0 saturated carbocycles. The minimum atomic E-state index is -0.864. The van der Waals surface area contributed by atoms with E-state index in [0.717, 1.165) is 11.1 Å². The van der Waals surface area contributed by atoms with E-state index >= 15 is 0 Å². The molecule has 1 saturated heterocycles. The molecule has 1 aliphatic heterocycles.